The number of fused-ring (bicyclic) bond motifs is 1. The van der Waals surface area contributed by atoms with E-state index in [4.69, 9.17) is 16.6 Å². The van der Waals surface area contributed by atoms with Crippen LogP contribution in [0.25, 0.3) is 22.4 Å². The number of hydrogen-bond acceptors (Lipinski definition) is 2. The number of hydrogen-bond donors (Lipinski definition) is 1. The second-order valence-electron chi connectivity index (χ2n) is 5.12. The van der Waals surface area contributed by atoms with Crippen molar-refractivity contribution in [1.29, 1.82) is 0 Å². The Morgan fingerprint density at radius 2 is 1.90 bits per heavy atom. The van der Waals surface area contributed by atoms with Gasteiger partial charge in [0, 0.05) is 23.2 Å². The molecule has 0 aliphatic heterocycles. The van der Waals surface area contributed by atoms with Crippen molar-refractivity contribution < 1.29 is 5.11 Å². The normalized spacial score (nSPS) is 11.1. The van der Waals surface area contributed by atoms with Crippen LogP contribution in [0.2, 0.25) is 5.02 Å². The number of unbranched alkanes of at least 4 members (excludes halogenated alkanes) is 1. The summed E-state index contributed by atoms with van der Waals surface area (Å²) < 4.78 is 2.17. The highest BCUT2D eigenvalue weighted by atomic mass is 35.5. The lowest BCUT2D eigenvalue weighted by molar-refractivity contribution is 0.475. The van der Waals surface area contributed by atoms with Gasteiger partial charge in [0.15, 0.2) is 0 Å². The van der Waals surface area contributed by atoms with Crippen LogP contribution in [0.4, 0.5) is 0 Å². The van der Waals surface area contributed by atoms with E-state index in [0.29, 0.717) is 5.02 Å². The molecule has 1 heterocycles. The maximum Gasteiger partial charge on any atom is 0.141 e. The molecule has 1 aromatic heterocycles. The number of benzene rings is 2. The zero-order valence-electron chi connectivity index (χ0n) is 11.9. The molecule has 0 aliphatic carbocycles. The highest BCUT2D eigenvalue weighted by molar-refractivity contribution is 6.30. The van der Waals surface area contributed by atoms with Gasteiger partial charge in [-0.05, 0) is 42.8 Å². The van der Waals surface area contributed by atoms with Crippen molar-refractivity contribution in [2.45, 2.75) is 26.3 Å². The van der Waals surface area contributed by atoms with Crippen LogP contribution in [0.1, 0.15) is 19.8 Å². The maximum atomic E-state index is 9.74. The summed E-state index contributed by atoms with van der Waals surface area (Å²) in [6.45, 7) is 3.05. The molecule has 0 atom stereocenters. The van der Waals surface area contributed by atoms with Crippen molar-refractivity contribution in [3.05, 3.63) is 47.5 Å². The Morgan fingerprint density at radius 1 is 1.14 bits per heavy atom. The molecule has 1 N–H and O–H groups in total. The van der Waals surface area contributed by atoms with Gasteiger partial charge in [-0.2, -0.15) is 0 Å². The number of aromatic nitrogens is 2. The number of rotatable bonds is 4. The molecule has 0 saturated carbocycles. The van der Waals surface area contributed by atoms with Gasteiger partial charge in [0.25, 0.3) is 0 Å². The summed E-state index contributed by atoms with van der Waals surface area (Å²) in [5.74, 6) is 1.18. The molecule has 0 radical (unpaired) electrons. The smallest absolute Gasteiger partial charge is 0.141 e. The van der Waals surface area contributed by atoms with Gasteiger partial charge < -0.3 is 9.67 Å². The zero-order valence-corrected chi connectivity index (χ0v) is 12.6. The lowest BCUT2D eigenvalue weighted by atomic mass is 10.2. The van der Waals surface area contributed by atoms with E-state index in [-0.39, 0.29) is 5.75 Å². The topological polar surface area (TPSA) is 38.0 Å². The number of phenols is 1. The third-order valence-electron chi connectivity index (χ3n) is 3.57. The Labute approximate surface area is 128 Å². The molecular formula is C17H17ClN2O. The van der Waals surface area contributed by atoms with Crippen molar-refractivity contribution in [2.75, 3.05) is 0 Å². The van der Waals surface area contributed by atoms with E-state index in [2.05, 4.69) is 11.5 Å². The highest BCUT2D eigenvalue weighted by Crippen LogP contribution is 2.28. The van der Waals surface area contributed by atoms with Crippen LogP contribution in [-0.4, -0.2) is 14.7 Å². The molecule has 0 fully saturated rings. The Balaban J connectivity index is 2.18. The van der Waals surface area contributed by atoms with E-state index in [1.165, 1.54) is 0 Å². The molecule has 3 aromatic rings. The molecule has 0 amide bonds. The number of aryl methyl sites for hydroxylation is 1. The summed E-state index contributed by atoms with van der Waals surface area (Å²) in [6.07, 6.45) is 2.18. The first-order valence-corrected chi connectivity index (χ1v) is 7.52. The number of halogens is 1. The lowest BCUT2D eigenvalue weighted by Crippen LogP contribution is -2.00. The summed E-state index contributed by atoms with van der Waals surface area (Å²) >= 11 is 5.96. The van der Waals surface area contributed by atoms with Gasteiger partial charge in [-0.25, -0.2) is 4.98 Å². The lowest BCUT2D eigenvalue weighted by Gasteiger charge is -2.09. The van der Waals surface area contributed by atoms with E-state index < -0.39 is 0 Å². The Hall–Kier alpha value is -2.00. The predicted octanol–water partition coefficient (Wildman–Crippen LogP) is 4.86. The average molecular weight is 301 g/mol. The van der Waals surface area contributed by atoms with E-state index in [9.17, 15) is 5.11 Å². The molecule has 3 rings (SSSR count). The molecule has 3 nitrogen and oxygen atoms in total. The Kier molecular flexibility index (Phi) is 3.84. The van der Waals surface area contributed by atoms with Crippen molar-refractivity contribution in [2.24, 2.45) is 0 Å². The molecule has 21 heavy (non-hydrogen) atoms. The number of imidazole rings is 1. The highest BCUT2D eigenvalue weighted by Gasteiger charge is 2.12. The average Bonchev–Trinajstić information content (AvgIpc) is 2.83. The molecule has 0 bridgehead atoms. The van der Waals surface area contributed by atoms with Gasteiger partial charge in [0.05, 0.1) is 11.0 Å². The molecular weight excluding hydrogens is 284 g/mol. The molecule has 0 aliphatic rings. The van der Waals surface area contributed by atoms with Gasteiger partial charge in [-0.1, -0.05) is 24.9 Å². The fraction of sp³-hybridized carbons (Fsp3) is 0.235. The zero-order chi connectivity index (χ0) is 14.8. The van der Waals surface area contributed by atoms with Crippen molar-refractivity contribution in [3.8, 4) is 17.1 Å². The summed E-state index contributed by atoms with van der Waals surface area (Å²) in [7, 11) is 0. The molecule has 2 aromatic carbocycles. The van der Waals surface area contributed by atoms with E-state index >= 15 is 0 Å². The van der Waals surface area contributed by atoms with Crippen molar-refractivity contribution in [1.82, 2.24) is 9.55 Å². The standard InChI is InChI=1S/C17H17ClN2O/c1-2-3-10-20-16-11-14(21)8-9-15(16)19-17(20)12-4-6-13(18)7-5-12/h4-9,11,21H,2-3,10H2,1H3. The largest absolute Gasteiger partial charge is 0.508 e. The monoisotopic (exact) mass is 300 g/mol. The van der Waals surface area contributed by atoms with E-state index in [1.54, 1.807) is 12.1 Å². The molecule has 0 saturated heterocycles. The van der Waals surface area contributed by atoms with Crippen LogP contribution in [0.5, 0.6) is 5.75 Å². The first-order valence-electron chi connectivity index (χ1n) is 7.14. The number of nitrogens with zero attached hydrogens (tertiary/aromatic N) is 2. The second-order valence-corrected chi connectivity index (χ2v) is 5.56. The van der Waals surface area contributed by atoms with E-state index in [0.717, 1.165) is 41.8 Å². The SMILES string of the molecule is CCCCn1c(-c2ccc(Cl)cc2)nc2ccc(O)cc21. The van der Waals surface area contributed by atoms with Gasteiger partial charge in [-0.3, -0.25) is 0 Å². The van der Waals surface area contributed by atoms with Crippen molar-refractivity contribution in [3.63, 3.8) is 0 Å². The quantitative estimate of drug-likeness (QED) is 0.747. The fourth-order valence-corrected chi connectivity index (χ4v) is 2.60. The summed E-state index contributed by atoms with van der Waals surface area (Å²) in [6, 6.07) is 13.0. The van der Waals surface area contributed by atoms with E-state index in [1.807, 2.05) is 30.3 Å². The summed E-state index contributed by atoms with van der Waals surface area (Å²) in [4.78, 5) is 4.72. The number of aromatic hydroxyl groups is 1. The Bertz CT molecular complexity index is 762. The maximum absolute atomic E-state index is 9.74. The van der Waals surface area contributed by atoms with Crippen LogP contribution >= 0.6 is 11.6 Å². The van der Waals surface area contributed by atoms with Crippen molar-refractivity contribution >= 4 is 22.6 Å². The van der Waals surface area contributed by atoms with Crippen LogP contribution in [0, 0.1) is 0 Å². The van der Waals surface area contributed by atoms with Gasteiger partial charge in [-0.15, -0.1) is 0 Å². The van der Waals surface area contributed by atoms with Crippen LogP contribution in [0.3, 0.4) is 0 Å². The van der Waals surface area contributed by atoms with Crippen LogP contribution in [-0.2, 0) is 6.54 Å². The van der Waals surface area contributed by atoms with Crippen LogP contribution in [0.15, 0.2) is 42.5 Å². The van der Waals surface area contributed by atoms with Gasteiger partial charge in [0.1, 0.15) is 11.6 Å². The summed E-state index contributed by atoms with van der Waals surface area (Å²) in [5, 5.41) is 10.5. The fourth-order valence-electron chi connectivity index (χ4n) is 2.47. The molecule has 0 spiro atoms. The molecule has 4 heteroatoms. The number of phenolic OH excluding ortho intramolecular Hbond substituents is 1. The first kappa shape index (κ1) is 14.0. The van der Waals surface area contributed by atoms with Gasteiger partial charge >= 0.3 is 0 Å². The summed E-state index contributed by atoms with van der Waals surface area (Å²) in [5.41, 5.74) is 2.90. The van der Waals surface area contributed by atoms with Crippen LogP contribution < -0.4 is 0 Å². The minimum Gasteiger partial charge on any atom is -0.508 e. The second kappa shape index (κ2) is 5.78. The third kappa shape index (κ3) is 2.74. The predicted molar refractivity (Wildman–Crippen MR) is 86.8 cm³/mol. The molecule has 108 valence electrons. The Morgan fingerprint density at radius 3 is 2.62 bits per heavy atom. The van der Waals surface area contributed by atoms with Gasteiger partial charge in [0.2, 0.25) is 0 Å². The minimum atomic E-state index is 0.266. The third-order valence-corrected chi connectivity index (χ3v) is 3.82. The molecule has 0 unspecified atom stereocenters. The minimum absolute atomic E-state index is 0.266. The first-order chi connectivity index (χ1) is 10.2.